The number of thiazole rings is 1. The standard InChI is InChI=1S/C11H18N4O3S/c1-3-15(4-2)8(16)5-13-11-14-7(6-19-11)9(12)10(17)18/h6,9H,3-5,12H2,1-2H3,(H,13,14)(H,17,18). The highest BCUT2D eigenvalue weighted by Gasteiger charge is 2.18. The molecule has 0 spiro atoms. The molecule has 0 radical (unpaired) electrons. The molecule has 1 heterocycles. The van der Waals surface area contributed by atoms with Gasteiger partial charge in [-0.2, -0.15) is 0 Å². The van der Waals surface area contributed by atoms with Gasteiger partial charge in [0.2, 0.25) is 5.91 Å². The molecule has 1 aromatic rings. The molecule has 1 aromatic heterocycles. The number of nitrogens with two attached hydrogens (primary N) is 1. The summed E-state index contributed by atoms with van der Waals surface area (Å²) in [6.45, 7) is 5.27. The van der Waals surface area contributed by atoms with Crippen LogP contribution in [0.4, 0.5) is 5.13 Å². The second-order valence-corrected chi connectivity index (χ2v) is 4.67. The van der Waals surface area contributed by atoms with Crippen molar-refractivity contribution in [3.8, 4) is 0 Å². The quantitative estimate of drug-likeness (QED) is 0.674. The smallest absolute Gasteiger partial charge is 0.326 e. The van der Waals surface area contributed by atoms with Gasteiger partial charge in [0.15, 0.2) is 5.13 Å². The van der Waals surface area contributed by atoms with Crippen LogP contribution in [0.2, 0.25) is 0 Å². The second kappa shape index (κ2) is 7.05. The molecule has 0 aliphatic carbocycles. The molecule has 7 nitrogen and oxygen atoms in total. The summed E-state index contributed by atoms with van der Waals surface area (Å²) < 4.78 is 0. The number of nitrogens with zero attached hydrogens (tertiary/aromatic N) is 2. The molecule has 0 saturated heterocycles. The van der Waals surface area contributed by atoms with Crippen molar-refractivity contribution < 1.29 is 14.7 Å². The Balaban J connectivity index is 2.55. The van der Waals surface area contributed by atoms with E-state index in [2.05, 4.69) is 10.3 Å². The number of amides is 1. The molecule has 1 rings (SSSR count). The van der Waals surface area contributed by atoms with Gasteiger partial charge < -0.3 is 21.1 Å². The summed E-state index contributed by atoms with van der Waals surface area (Å²) in [5.74, 6) is -1.15. The van der Waals surface area contributed by atoms with E-state index in [1.54, 1.807) is 10.3 Å². The van der Waals surface area contributed by atoms with Crippen LogP contribution in [-0.2, 0) is 9.59 Å². The maximum absolute atomic E-state index is 11.7. The van der Waals surface area contributed by atoms with E-state index in [0.29, 0.717) is 18.2 Å². The molecular weight excluding hydrogens is 268 g/mol. The van der Waals surface area contributed by atoms with Crippen molar-refractivity contribution in [3.63, 3.8) is 0 Å². The van der Waals surface area contributed by atoms with Crippen molar-refractivity contribution in [2.45, 2.75) is 19.9 Å². The maximum atomic E-state index is 11.7. The van der Waals surface area contributed by atoms with Gasteiger partial charge >= 0.3 is 5.97 Å². The van der Waals surface area contributed by atoms with Crippen LogP contribution in [0.25, 0.3) is 0 Å². The summed E-state index contributed by atoms with van der Waals surface area (Å²) in [4.78, 5) is 28.2. The highest BCUT2D eigenvalue weighted by molar-refractivity contribution is 7.13. The molecule has 1 amide bonds. The fourth-order valence-corrected chi connectivity index (χ4v) is 2.22. The van der Waals surface area contributed by atoms with Gasteiger partial charge in [-0.3, -0.25) is 9.59 Å². The summed E-state index contributed by atoms with van der Waals surface area (Å²) in [5, 5.41) is 13.7. The molecule has 1 unspecified atom stereocenters. The maximum Gasteiger partial charge on any atom is 0.326 e. The Morgan fingerprint density at radius 3 is 2.68 bits per heavy atom. The van der Waals surface area contributed by atoms with Gasteiger partial charge in [0, 0.05) is 18.5 Å². The molecule has 106 valence electrons. The summed E-state index contributed by atoms with van der Waals surface area (Å²) in [5.41, 5.74) is 5.73. The molecule has 8 heteroatoms. The van der Waals surface area contributed by atoms with Crippen LogP contribution < -0.4 is 11.1 Å². The summed E-state index contributed by atoms with van der Waals surface area (Å²) in [6.07, 6.45) is 0. The third-order valence-electron chi connectivity index (χ3n) is 2.61. The summed E-state index contributed by atoms with van der Waals surface area (Å²) in [6, 6.07) is -1.13. The zero-order chi connectivity index (χ0) is 14.4. The fraction of sp³-hybridized carbons (Fsp3) is 0.545. The first-order valence-corrected chi connectivity index (χ1v) is 6.83. The van der Waals surface area contributed by atoms with E-state index in [1.807, 2.05) is 13.8 Å². The summed E-state index contributed by atoms with van der Waals surface area (Å²) >= 11 is 1.23. The van der Waals surface area contributed by atoms with Gasteiger partial charge in [-0.05, 0) is 13.8 Å². The van der Waals surface area contributed by atoms with Gasteiger partial charge in [0.25, 0.3) is 0 Å². The SMILES string of the molecule is CCN(CC)C(=O)CNc1nc(C(N)C(=O)O)cs1. The number of anilines is 1. The van der Waals surface area contributed by atoms with Crippen LogP contribution >= 0.6 is 11.3 Å². The number of carboxylic acid groups (broad SMARTS) is 1. The number of rotatable bonds is 7. The van der Waals surface area contributed by atoms with Crippen LogP contribution in [0.5, 0.6) is 0 Å². The lowest BCUT2D eigenvalue weighted by molar-refractivity contribution is -0.138. The predicted molar refractivity (Wildman–Crippen MR) is 73.1 cm³/mol. The first-order valence-electron chi connectivity index (χ1n) is 5.95. The number of hydrogen-bond donors (Lipinski definition) is 3. The van der Waals surface area contributed by atoms with Crippen LogP contribution in [0.15, 0.2) is 5.38 Å². The molecule has 1 atom stereocenters. The normalized spacial score (nSPS) is 11.9. The van der Waals surface area contributed by atoms with Crippen molar-refractivity contribution in [2.75, 3.05) is 25.0 Å². The van der Waals surface area contributed by atoms with E-state index < -0.39 is 12.0 Å². The van der Waals surface area contributed by atoms with Crippen molar-refractivity contribution in [1.82, 2.24) is 9.88 Å². The van der Waals surface area contributed by atoms with Crippen molar-refractivity contribution in [3.05, 3.63) is 11.1 Å². The largest absolute Gasteiger partial charge is 0.480 e. The zero-order valence-electron chi connectivity index (χ0n) is 10.9. The minimum Gasteiger partial charge on any atom is -0.480 e. The topological polar surface area (TPSA) is 109 Å². The van der Waals surface area contributed by atoms with E-state index >= 15 is 0 Å². The first kappa shape index (κ1) is 15.4. The molecule has 0 aromatic carbocycles. The lowest BCUT2D eigenvalue weighted by atomic mass is 10.2. The molecular formula is C11H18N4O3S. The number of carbonyl (C=O) groups excluding carboxylic acids is 1. The Bertz CT molecular complexity index is 445. The third-order valence-corrected chi connectivity index (χ3v) is 3.43. The van der Waals surface area contributed by atoms with E-state index in [4.69, 9.17) is 10.8 Å². The van der Waals surface area contributed by atoms with Crippen LogP contribution in [0.3, 0.4) is 0 Å². The number of aromatic nitrogens is 1. The van der Waals surface area contributed by atoms with Gasteiger partial charge in [0.1, 0.15) is 6.04 Å². The molecule has 0 saturated carbocycles. The van der Waals surface area contributed by atoms with Crippen molar-refractivity contribution >= 4 is 28.3 Å². The van der Waals surface area contributed by atoms with Gasteiger partial charge in [-0.25, -0.2) is 4.98 Å². The van der Waals surface area contributed by atoms with E-state index in [1.165, 1.54) is 11.3 Å². The molecule has 0 aliphatic heterocycles. The van der Waals surface area contributed by atoms with Gasteiger partial charge in [-0.1, -0.05) is 0 Å². The number of likely N-dealkylation sites (N-methyl/N-ethyl adjacent to an activating group) is 1. The number of carbonyl (C=O) groups is 2. The van der Waals surface area contributed by atoms with Gasteiger partial charge in [0.05, 0.1) is 12.2 Å². The Kier molecular flexibility index (Phi) is 5.71. The minimum atomic E-state index is -1.13. The van der Waals surface area contributed by atoms with Crippen LogP contribution in [-0.4, -0.2) is 46.5 Å². The number of nitrogens with one attached hydrogen (secondary N) is 1. The predicted octanol–water partition coefficient (Wildman–Crippen LogP) is 0.508. The first-order chi connectivity index (χ1) is 8.99. The lowest BCUT2D eigenvalue weighted by Crippen LogP contribution is -2.35. The average Bonchev–Trinajstić information content (AvgIpc) is 2.85. The molecule has 19 heavy (non-hydrogen) atoms. The van der Waals surface area contributed by atoms with Crippen LogP contribution in [0.1, 0.15) is 25.6 Å². The van der Waals surface area contributed by atoms with Gasteiger partial charge in [-0.15, -0.1) is 11.3 Å². The molecule has 0 fully saturated rings. The minimum absolute atomic E-state index is 0.0238. The second-order valence-electron chi connectivity index (χ2n) is 3.81. The van der Waals surface area contributed by atoms with E-state index in [-0.39, 0.29) is 18.1 Å². The molecule has 0 aliphatic rings. The monoisotopic (exact) mass is 286 g/mol. The fourth-order valence-electron chi connectivity index (χ4n) is 1.48. The third kappa shape index (κ3) is 4.18. The average molecular weight is 286 g/mol. The lowest BCUT2D eigenvalue weighted by Gasteiger charge is -2.18. The number of carboxylic acids is 1. The highest BCUT2D eigenvalue weighted by Crippen LogP contribution is 2.19. The molecule has 0 bridgehead atoms. The Hall–Kier alpha value is -1.67. The molecule has 4 N–H and O–H groups in total. The Labute approximate surface area is 115 Å². The zero-order valence-corrected chi connectivity index (χ0v) is 11.7. The van der Waals surface area contributed by atoms with Crippen molar-refractivity contribution in [2.24, 2.45) is 5.73 Å². The van der Waals surface area contributed by atoms with E-state index in [0.717, 1.165) is 0 Å². The van der Waals surface area contributed by atoms with Crippen LogP contribution in [0, 0.1) is 0 Å². The van der Waals surface area contributed by atoms with Crippen molar-refractivity contribution in [1.29, 1.82) is 0 Å². The number of hydrogen-bond acceptors (Lipinski definition) is 6. The van der Waals surface area contributed by atoms with E-state index in [9.17, 15) is 9.59 Å². The summed E-state index contributed by atoms with van der Waals surface area (Å²) in [7, 11) is 0. The highest BCUT2D eigenvalue weighted by atomic mass is 32.1. The Morgan fingerprint density at radius 2 is 2.16 bits per heavy atom. The number of aliphatic carboxylic acids is 1. The Morgan fingerprint density at radius 1 is 1.53 bits per heavy atom.